The average molecular weight is 262 g/mol. The second-order valence-electron chi connectivity index (χ2n) is 4.07. The summed E-state index contributed by atoms with van der Waals surface area (Å²) in [5.41, 5.74) is 0. The van der Waals surface area contributed by atoms with Crippen molar-refractivity contribution in [2.75, 3.05) is 32.7 Å². The Balaban J connectivity index is 1.84. The van der Waals surface area contributed by atoms with Gasteiger partial charge in [-0.2, -0.15) is 5.26 Å². The van der Waals surface area contributed by atoms with Crippen molar-refractivity contribution in [2.45, 2.75) is 0 Å². The van der Waals surface area contributed by atoms with Crippen LogP contribution in [0.5, 0.6) is 0 Å². The molecule has 0 spiro atoms. The number of nitrogens with zero attached hydrogens (tertiary/aromatic N) is 3. The Morgan fingerprint density at radius 3 is 2.58 bits per heavy atom. The fourth-order valence-electron chi connectivity index (χ4n) is 1.90. The van der Waals surface area contributed by atoms with E-state index in [2.05, 4.69) is 5.32 Å². The van der Waals surface area contributed by atoms with Crippen LogP contribution in [-0.2, 0) is 0 Å². The lowest BCUT2D eigenvalue weighted by atomic mass is 10.3. The number of carbonyl (C=O) groups excluding carboxylic acids is 2. The zero-order valence-corrected chi connectivity index (χ0v) is 10.3. The van der Waals surface area contributed by atoms with Crippen LogP contribution in [0.1, 0.15) is 10.6 Å². The summed E-state index contributed by atoms with van der Waals surface area (Å²) in [6, 6.07) is 4.86. The second kappa shape index (κ2) is 5.91. The SMILES string of the molecule is N#CCNC(=O)N1CCN(C(=O)c2ccco2)CC1. The quantitative estimate of drug-likeness (QED) is 0.775. The number of urea groups is 1. The minimum atomic E-state index is -0.272. The highest BCUT2D eigenvalue weighted by Gasteiger charge is 2.25. The van der Waals surface area contributed by atoms with Crippen molar-refractivity contribution in [3.63, 3.8) is 0 Å². The maximum Gasteiger partial charge on any atom is 0.318 e. The van der Waals surface area contributed by atoms with Crippen molar-refractivity contribution in [3.8, 4) is 6.07 Å². The van der Waals surface area contributed by atoms with E-state index in [4.69, 9.17) is 9.68 Å². The van der Waals surface area contributed by atoms with Crippen LogP contribution in [0.3, 0.4) is 0 Å². The highest BCUT2D eigenvalue weighted by Crippen LogP contribution is 2.09. The zero-order chi connectivity index (χ0) is 13.7. The van der Waals surface area contributed by atoms with Gasteiger partial charge < -0.3 is 19.5 Å². The highest BCUT2D eigenvalue weighted by molar-refractivity contribution is 5.91. The Hall–Kier alpha value is -2.49. The molecule has 7 heteroatoms. The molecule has 3 amide bonds. The predicted octanol–water partition coefficient (Wildman–Crippen LogP) is 0.271. The van der Waals surface area contributed by atoms with E-state index in [0.717, 1.165) is 0 Å². The molecule has 1 N–H and O–H groups in total. The van der Waals surface area contributed by atoms with Gasteiger partial charge in [0.15, 0.2) is 5.76 Å². The Kier molecular flexibility index (Phi) is 4.03. The summed E-state index contributed by atoms with van der Waals surface area (Å²) >= 11 is 0. The molecule has 7 nitrogen and oxygen atoms in total. The van der Waals surface area contributed by atoms with Gasteiger partial charge in [0.1, 0.15) is 6.54 Å². The topological polar surface area (TPSA) is 89.6 Å². The van der Waals surface area contributed by atoms with Gasteiger partial charge in [0.25, 0.3) is 5.91 Å². The monoisotopic (exact) mass is 262 g/mol. The van der Waals surface area contributed by atoms with Crippen LogP contribution in [0.25, 0.3) is 0 Å². The molecule has 0 atom stereocenters. The number of furan rings is 1. The van der Waals surface area contributed by atoms with E-state index in [0.29, 0.717) is 31.9 Å². The van der Waals surface area contributed by atoms with Crippen LogP contribution in [0.15, 0.2) is 22.8 Å². The van der Waals surface area contributed by atoms with Crippen molar-refractivity contribution in [3.05, 3.63) is 24.2 Å². The summed E-state index contributed by atoms with van der Waals surface area (Å²) in [5, 5.41) is 10.9. The van der Waals surface area contributed by atoms with Crippen LogP contribution in [0.4, 0.5) is 4.79 Å². The van der Waals surface area contributed by atoms with Gasteiger partial charge in [0.05, 0.1) is 12.3 Å². The van der Waals surface area contributed by atoms with Gasteiger partial charge in [0, 0.05) is 26.2 Å². The van der Waals surface area contributed by atoms with E-state index in [9.17, 15) is 9.59 Å². The first-order chi connectivity index (χ1) is 9.22. The Bertz CT molecular complexity index is 484. The molecule has 0 radical (unpaired) electrons. The molecule has 1 aromatic heterocycles. The minimum absolute atomic E-state index is 0.00955. The third-order valence-electron chi connectivity index (χ3n) is 2.90. The lowest BCUT2D eigenvalue weighted by Crippen LogP contribution is -2.53. The van der Waals surface area contributed by atoms with Gasteiger partial charge in [0.2, 0.25) is 0 Å². The molecule has 19 heavy (non-hydrogen) atoms. The molecule has 0 aliphatic carbocycles. The molecular weight excluding hydrogens is 248 g/mol. The lowest BCUT2D eigenvalue weighted by molar-refractivity contribution is 0.0634. The third-order valence-corrected chi connectivity index (χ3v) is 2.90. The number of nitrogens with one attached hydrogen (secondary N) is 1. The molecule has 1 aliphatic heterocycles. The molecule has 2 rings (SSSR count). The standard InChI is InChI=1S/C12H14N4O3/c13-3-4-14-12(18)16-7-5-15(6-8-16)11(17)10-2-1-9-19-10/h1-2,9H,4-8H2,(H,14,18). The maximum atomic E-state index is 12.0. The molecular formula is C12H14N4O3. The van der Waals surface area contributed by atoms with Gasteiger partial charge in [-0.25, -0.2) is 4.79 Å². The summed E-state index contributed by atoms with van der Waals surface area (Å²) in [6.45, 7) is 1.80. The summed E-state index contributed by atoms with van der Waals surface area (Å²) in [4.78, 5) is 26.8. The molecule has 1 saturated heterocycles. The van der Waals surface area contributed by atoms with E-state index < -0.39 is 0 Å². The third kappa shape index (κ3) is 3.04. The van der Waals surface area contributed by atoms with Crippen LogP contribution in [-0.4, -0.2) is 54.5 Å². The van der Waals surface area contributed by atoms with Gasteiger partial charge in [-0.05, 0) is 12.1 Å². The summed E-state index contributed by atoms with van der Waals surface area (Å²) in [5.74, 6) is 0.143. The van der Waals surface area contributed by atoms with E-state index in [1.807, 2.05) is 6.07 Å². The van der Waals surface area contributed by atoms with E-state index in [-0.39, 0.29) is 18.5 Å². The first-order valence-corrected chi connectivity index (χ1v) is 5.95. The molecule has 0 unspecified atom stereocenters. The molecule has 0 saturated carbocycles. The summed E-state index contributed by atoms with van der Waals surface area (Å²) in [7, 11) is 0. The first kappa shape index (κ1) is 13.0. The Morgan fingerprint density at radius 2 is 2.00 bits per heavy atom. The highest BCUT2D eigenvalue weighted by atomic mass is 16.3. The lowest BCUT2D eigenvalue weighted by Gasteiger charge is -2.34. The fourth-order valence-corrected chi connectivity index (χ4v) is 1.90. The number of amides is 3. The van der Waals surface area contributed by atoms with Crippen molar-refractivity contribution >= 4 is 11.9 Å². The number of piperazine rings is 1. The number of hydrogen-bond donors (Lipinski definition) is 1. The van der Waals surface area contributed by atoms with Gasteiger partial charge in [-0.15, -0.1) is 0 Å². The molecule has 0 bridgehead atoms. The van der Waals surface area contributed by atoms with E-state index in [1.54, 1.807) is 21.9 Å². The Morgan fingerprint density at radius 1 is 1.32 bits per heavy atom. The second-order valence-corrected chi connectivity index (χ2v) is 4.07. The van der Waals surface area contributed by atoms with Gasteiger partial charge >= 0.3 is 6.03 Å². The zero-order valence-electron chi connectivity index (χ0n) is 10.3. The van der Waals surface area contributed by atoms with Crippen LogP contribution < -0.4 is 5.32 Å². The summed E-state index contributed by atoms with van der Waals surface area (Å²) < 4.78 is 5.06. The van der Waals surface area contributed by atoms with Crippen molar-refractivity contribution < 1.29 is 14.0 Å². The number of carbonyl (C=O) groups is 2. The van der Waals surface area contributed by atoms with E-state index >= 15 is 0 Å². The first-order valence-electron chi connectivity index (χ1n) is 5.95. The van der Waals surface area contributed by atoms with Gasteiger partial charge in [-0.3, -0.25) is 4.79 Å². The maximum absolute atomic E-state index is 12.0. The number of nitriles is 1. The smallest absolute Gasteiger partial charge is 0.318 e. The van der Waals surface area contributed by atoms with Gasteiger partial charge in [-0.1, -0.05) is 0 Å². The van der Waals surface area contributed by atoms with Crippen LogP contribution in [0.2, 0.25) is 0 Å². The molecule has 1 aliphatic rings. The van der Waals surface area contributed by atoms with Crippen molar-refractivity contribution in [2.24, 2.45) is 0 Å². The Labute approximate surface area is 110 Å². The molecule has 1 fully saturated rings. The van der Waals surface area contributed by atoms with Crippen LogP contribution >= 0.6 is 0 Å². The molecule has 100 valence electrons. The van der Waals surface area contributed by atoms with Crippen LogP contribution in [0, 0.1) is 11.3 Å². The molecule has 0 aromatic carbocycles. The number of hydrogen-bond acceptors (Lipinski definition) is 4. The largest absolute Gasteiger partial charge is 0.459 e. The van der Waals surface area contributed by atoms with E-state index in [1.165, 1.54) is 6.26 Å². The summed E-state index contributed by atoms with van der Waals surface area (Å²) in [6.07, 6.45) is 1.46. The number of rotatable bonds is 2. The normalized spacial score (nSPS) is 14.9. The minimum Gasteiger partial charge on any atom is -0.459 e. The average Bonchev–Trinajstić information content (AvgIpc) is 2.98. The predicted molar refractivity (Wildman–Crippen MR) is 65.2 cm³/mol. The molecule has 2 heterocycles. The fraction of sp³-hybridized carbons (Fsp3) is 0.417. The van der Waals surface area contributed by atoms with Crippen molar-refractivity contribution in [1.29, 1.82) is 5.26 Å². The van der Waals surface area contributed by atoms with Crippen molar-refractivity contribution in [1.82, 2.24) is 15.1 Å². The molecule has 1 aromatic rings.